The Labute approximate surface area is 56.1 Å². The number of hydrogen-bond donors (Lipinski definition) is 1. The van der Waals surface area contributed by atoms with Gasteiger partial charge in [0.05, 0.1) is 6.10 Å². The minimum Gasteiger partial charge on any atom is -0.393 e. The maximum atomic E-state index is 9.48. The molecule has 2 unspecified atom stereocenters. The summed E-state index contributed by atoms with van der Waals surface area (Å²) in [6.07, 6.45) is 4.98. The number of fused-ring (bicyclic) bond motifs is 1. The van der Waals surface area contributed by atoms with E-state index in [2.05, 4.69) is 6.92 Å². The van der Waals surface area contributed by atoms with Crippen LogP contribution in [0.1, 0.15) is 32.6 Å². The first-order chi connectivity index (χ1) is 4.23. The van der Waals surface area contributed by atoms with Gasteiger partial charge in [-0.25, -0.2) is 0 Å². The Morgan fingerprint density at radius 1 is 1.44 bits per heavy atom. The highest BCUT2D eigenvalue weighted by Gasteiger charge is 2.55. The monoisotopic (exact) mass is 126 g/mol. The minimum atomic E-state index is 0.0243. The van der Waals surface area contributed by atoms with Gasteiger partial charge in [0.2, 0.25) is 0 Å². The largest absolute Gasteiger partial charge is 0.393 e. The second-order valence-corrected chi connectivity index (χ2v) is 3.85. The van der Waals surface area contributed by atoms with E-state index in [1.807, 2.05) is 0 Å². The first-order valence-electron chi connectivity index (χ1n) is 3.91. The molecule has 0 spiro atoms. The standard InChI is InChI=1S/C8H14O/c1-8-5-6(8)3-2-4-7(8)9/h6-7,9H,2-5H2,1H3/t6?,7?,8-/m1/s1. The molecule has 0 heterocycles. The molecule has 0 radical (unpaired) electrons. The molecular formula is C8H14O. The second-order valence-electron chi connectivity index (χ2n) is 3.85. The quantitative estimate of drug-likeness (QED) is 0.522. The molecule has 0 amide bonds. The number of hydrogen-bond acceptors (Lipinski definition) is 1. The van der Waals surface area contributed by atoms with Gasteiger partial charge in [0.1, 0.15) is 0 Å². The van der Waals surface area contributed by atoms with Gasteiger partial charge in [0.15, 0.2) is 0 Å². The average molecular weight is 126 g/mol. The van der Waals surface area contributed by atoms with Crippen molar-refractivity contribution in [2.75, 3.05) is 0 Å². The fourth-order valence-electron chi connectivity index (χ4n) is 2.20. The van der Waals surface area contributed by atoms with Crippen LogP contribution >= 0.6 is 0 Å². The van der Waals surface area contributed by atoms with Gasteiger partial charge >= 0.3 is 0 Å². The van der Waals surface area contributed by atoms with Crippen LogP contribution in [-0.2, 0) is 0 Å². The van der Waals surface area contributed by atoms with E-state index in [1.54, 1.807) is 0 Å². The highest BCUT2D eigenvalue weighted by molar-refractivity contribution is 5.05. The van der Waals surface area contributed by atoms with Crippen LogP contribution in [0.3, 0.4) is 0 Å². The zero-order chi connectivity index (χ0) is 6.48. The van der Waals surface area contributed by atoms with Gasteiger partial charge in [-0.3, -0.25) is 0 Å². The summed E-state index contributed by atoms with van der Waals surface area (Å²) < 4.78 is 0. The molecule has 2 fully saturated rings. The van der Waals surface area contributed by atoms with Crippen molar-refractivity contribution in [3.63, 3.8) is 0 Å². The van der Waals surface area contributed by atoms with Crippen LogP contribution < -0.4 is 0 Å². The van der Waals surface area contributed by atoms with Crippen LogP contribution in [0, 0.1) is 11.3 Å². The van der Waals surface area contributed by atoms with E-state index in [0.29, 0.717) is 5.41 Å². The summed E-state index contributed by atoms with van der Waals surface area (Å²) in [4.78, 5) is 0. The van der Waals surface area contributed by atoms with Gasteiger partial charge in [-0.15, -0.1) is 0 Å². The van der Waals surface area contributed by atoms with E-state index in [4.69, 9.17) is 0 Å². The van der Waals surface area contributed by atoms with E-state index < -0.39 is 0 Å². The van der Waals surface area contributed by atoms with Crippen LogP contribution in [0.4, 0.5) is 0 Å². The molecule has 2 saturated carbocycles. The van der Waals surface area contributed by atoms with Crippen molar-refractivity contribution in [3.05, 3.63) is 0 Å². The zero-order valence-electron chi connectivity index (χ0n) is 5.93. The highest BCUT2D eigenvalue weighted by atomic mass is 16.3. The lowest BCUT2D eigenvalue weighted by Gasteiger charge is -2.23. The van der Waals surface area contributed by atoms with Crippen LogP contribution in [0.15, 0.2) is 0 Å². The first kappa shape index (κ1) is 5.72. The summed E-state index contributed by atoms with van der Waals surface area (Å²) >= 11 is 0. The number of aliphatic hydroxyl groups excluding tert-OH is 1. The Morgan fingerprint density at radius 3 is 2.78 bits per heavy atom. The molecule has 0 bridgehead atoms. The lowest BCUT2D eigenvalue weighted by Crippen LogP contribution is -2.24. The highest BCUT2D eigenvalue weighted by Crippen LogP contribution is 2.60. The molecule has 0 aromatic carbocycles. The molecule has 0 aromatic rings. The summed E-state index contributed by atoms with van der Waals surface area (Å²) in [5.41, 5.74) is 0.359. The van der Waals surface area contributed by atoms with Crippen molar-refractivity contribution in [1.82, 2.24) is 0 Å². The zero-order valence-corrected chi connectivity index (χ0v) is 5.93. The molecule has 2 aliphatic carbocycles. The van der Waals surface area contributed by atoms with Crippen LogP contribution in [0.25, 0.3) is 0 Å². The van der Waals surface area contributed by atoms with Crippen molar-refractivity contribution in [2.45, 2.75) is 38.7 Å². The van der Waals surface area contributed by atoms with Crippen molar-refractivity contribution in [2.24, 2.45) is 11.3 Å². The van der Waals surface area contributed by atoms with Gasteiger partial charge < -0.3 is 5.11 Å². The summed E-state index contributed by atoms with van der Waals surface area (Å²) in [6.45, 7) is 2.22. The van der Waals surface area contributed by atoms with Crippen molar-refractivity contribution < 1.29 is 5.11 Å². The normalized spacial score (nSPS) is 56.7. The van der Waals surface area contributed by atoms with E-state index in [0.717, 1.165) is 12.3 Å². The molecule has 1 heteroatoms. The third kappa shape index (κ3) is 0.644. The smallest absolute Gasteiger partial charge is 0.0596 e. The van der Waals surface area contributed by atoms with E-state index in [-0.39, 0.29) is 6.10 Å². The van der Waals surface area contributed by atoms with E-state index in [9.17, 15) is 5.11 Å². The summed E-state index contributed by atoms with van der Waals surface area (Å²) in [6, 6.07) is 0. The fraction of sp³-hybridized carbons (Fsp3) is 1.00. The maximum absolute atomic E-state index is 9.48. The molecule has 0 saturated heterocycles. The number of aliphatic hydroxyl groups is 1. The molecule has 1 nitrogen and oxygen atoms in total. The fourth-order valence-corrected chi connectivity index (χ4v) is 2.20. The maximum Gasteiger partial charge on any atom is 0.0596 e. The van der Waals surface area contributed by atoms with Crippen molar-refractivity contribution in [1.29, 1.82) is 0 Å². The Kier molecular flexibility index (Phi) is 0.963. The predicted octanol–water partition coefficient (Wildman–Crippen LogP) is 1.56. The molecular weight excluding hydrogens is 112 g/mol. The number of rotatable bonds is 0. The van der Waals surface area contributed by atoms with E-state index in [1.165, 1.54) is 19.3 Å². The van der Waals surface area contributed by atoms with Crippen molar-refractivity contribution in [3.8, 4) is 0 Å². The molecule has 52 valence electrons. The third-order valence-corrected chi connectivity index (χ3v) is 3.25. The van der Waals surface area contributed by atoms with Gasteiger partial charge in [-0.05, 0) is 30.6 Å². The average Bonchev–Trinajstić information content (AvgIpc) is 2.44. The van der Waals surface area contributed by atoms with Gasteiger partial charge in [0, 0.05) is 0 Å². The molecule has 0 aliphatic heterocycles. The lowest BCUT2D eigenvalue weighted by atomic mass is 9.87. The summed E-state index contributed by atoms with van der Waals surface area (Å²) in [5.74, 6) is 0.876. The van der Waals surface area contributed by atoms with Gasteiger partial charge in [-0.1, -0.05) is 13.3 Å². The van der Waals surface area contributed by atoms with E-state index >= 15 is 0 Å². The molecule has 3 atom stereocenters. The summed E-state index contributed by atoms with van der Waals surface area (Å²) in [5, 5.41) is 9.48. The topological polar surface area (TPSA) is 20.2 Å². The Balaban J connectivity index is 2.10. The first-order valence-corrected chi connectivity index (χ1v) is 3.91. The van der Waals surface area contributed by atoms with Crippen LogP contribution in [0.5, 0.6) is 0 Å². The van der Waals surface area contributed by atoms with Crippen LogP contribution in [-0.4, -0.2) is 11.2 Å². The molecule has 0 aromatic heterocycles. The van der Waals surface area contributed by atoms with Crippen LogP contribution in [0.2, 0.25) is 0 Å². The Bertz CT molecular complexity index is 133. The van der Waals surface area contributed by atoms with Gasteiger partial charge in [0.25, 0.3) is 0 Å². The second kappa shape index (κ2) is 1.51. The molecule has 9 heavy (non-hydrogen) atoms. The molecule has 2 rings (SSSR count). The SMILES string of the molecule is C[C@@]12CC1CCCC2O. The lowest BCUT2D eigenvalue weighted by molar-refractivity contribution is 0.0647. The molecule has 1 N–H and O–H groups in total. The molecule has 2 aliphatic rings. The third-order valence-electron chi connectivity index (χ3n) is 3.25. The van der Waals surface area contributed by atoms with Crippen molar-refractivity contribution >= 4 is 0 Å². The summed E-state index contributed by atoms with van der Waals surface area (Å²) in [7, 11) is 0. The minimum absolute atomic E-state index is 0.0243. The Morgan fingerprint density at radius 2 is 2.22 bits per heavy atom. The predicted molar refractivity (Wildman–Crippen MR) is 36.1 cm³/mol. The van der Waals surface area contributed by atoms with Gasteiger partial charge in [-0.2, -0.15) is 0 Å². The Hall–Kier alpha value is -0.0400.